The van der Waals surface area contributed by atoms with Crippen LogP contribution in [-0.2, 0) is 26.5 Å². The number of aromatic nitrogens is 2. The van der Waals surface area contributed by atoms with Gasteiger partial charge in [0.2, 0.25) is 5.88 Å². The van der Waals surface area contributed by atoms with Gasteiger partial charge >= 0.3 is 6.16 Å². The van der Waals surface area contributed by atoms with Crippen LogP contribution in [0.5, 0.6) is 5.88 Å². The molecular formula is C22H26N2O6S. The van der Waals surface area contributed by atoms with Crippen molar-refractivity contribution in [1.29, 1.82) is 0 Å². The van der Waals surface area contributed by atoms with Crippen molar-refractivity contribution in [3.63, 3.8) is 0 Å². The second kappa shape index (κ2) is 8.64. The summed E-state index contributed by atoms with van der Waals surface area (Å²) in [5.41, 5.74) is 3.46. The Kier molecular flexibility index (Phi) is 6.09. The lowest BCUT2D eigenvalue weighted by Gasteiger charge is -2.36. The first kappa shape index (κ1) is 21.9. The van der Waals surface area contributed by atoms with Gasteiger partial charge in [-0.25, -0.2) is 9.48 Å². The number of rotatable bonds is 5. The summed E-state index contributed by atoms with van der Waals surface area (Å²) in [4.78, 5) is 26.7. The van der Waals surface area contributed by atoms with Crippen molar-refractivity contribution in [2.45, 2.75) is 51.3 Å². The molecule has 31 heavy (non-hydrogen) atoms. The molecule has 2 aliphatic heterocycles. The van der Waals surface area contributed by atoms with Crippen molar-refractivity contribution in [2.24, 2.45) is 0 Å². The van der Waals surface area contributed by atoms with E-state index in [1.165, 1.54) is 10.9 Å². The van der Waals surface area contributed by atoms with Crippen LogP contribution in [0.25, 0.3) is 0 Å². The van der Waals surface area contributed by atoms with E-state index >= 15 is 0 Å². The highest BCUT2D eigenvalue weighted by Crippen LogP contribution is 2.49. The average molecular weight is 447 g/mol. The van der Waals surface area contributed by atoms with Crippen molar-refractivity contribution in [3.05, 3.63) is 40.1 Å². The number of benzene rings is 1. The molecule has 8 nitrogen and oxygen atoms in total. The summed E-state index contributed by atoms with van der Waals surface area (Å²) in [5, 5.41) is 4.21. The number of hydrogen-bond acceptors (Lipinski definition) is 8. The van der Waals surface area contributed by atoms with E-state index in [2.05, 4.69) is 5.10 Å². The molecule has 0 saturated carbocycles. The van der Waals surface area contributed by atoms with Crippen LogP contribution in [0.15, 0.2) is 17.2 Å². The molecule has 1 spiro atoms. The Morgan fingerprint density at radius 2 is 1.97 bits per heavy atom. The highest BCUT2D eigenvalue weighted by Gasteiger charge is 2.45. The van der Waals surface area contributed by atoms with Crippen LogP contribution in [-0.4, -0.2) is 47.3 Å². The molecule has 3 heterocycles. The Labute approximate surface area is 185 Å². The first-order valence-corrected chi connectivity index (χ1v) is 11.4. The first-order valence-electron chi connectivity index (χ1n) is 10.4. The minimum Gasteiger partial charge on any atom is -0.434 e. The van der Waals surface area contributed by atoms with Crippen LogP contribution in [0.2, 0.25) is 0 Å². The molecule has 2 aliphatic rings. The molecule has 0 aliphatic carbocycles. The summed E-state index contributed by atoms with van der Waals surface area (Å²) in [6.07, 6.45) is 1.29. The molecule has 1 aromatic carbocycles. The van der Waals surface area contributed by atoms with E-state index in [1.54, 1.807) is 18.7 Å². The fraction of sp³-hybridized carbons (Fsp3) is 0.500. The molecule has 9 heteroatoms. The fourth-order valence-corrected chi connectivity index (χ4v) is 5.48. The van der Waals surface area contributed by atoms with E-state index in [1.807, 2.05) is 26.8 Å². The predicted molar refractivity (Wildman–Crippen MR) is 114 cm³/mol. The zero-order chi connectivity index (χ0) is 22.2. The number of nitrogens with zero attached hydrogens (tertiary/aromatic N) is 2. The molecule has 1 aromatic heterocycles. The van der Waals surface area contributed by atoms with Crippen molar-refractivity contribution < 1.29 is 28.5 Å². The quantitative estimate of drug-likeness (QED) is 0.503. The van der Waals surface area contributed by atoms with Gasteiger partial charge in [0, 0.05) is 34.7 Å². The zero-order valence-corrected chi connectivity index (χ0v) is 19.0. The molecule has 2 aromatic rings. The number of carbonyl (C=O) groups is 2. The molecule has 1 fully saturated rings. The third kappa shape index (κ3) is 3.75. The van der Waals surface area contributed by atoms with Crippen molar-refractivity contribution in [3.8, 4) is 5.88 Å². The third-order valence-corrected chi connectivity index (χ3v) is 6.78. The van der Waals surface area contributed by atoms with Crippen molar-refractivity contribution >= 4 is 23.7 Å². The average Bonchev–Trinajstić information content (AvgIpc) is 3.37. The number of fused-ring (bicyclic) bond motifs is 2. The van der Waals surface area contributed by atoms with E-state index in [0.29, 0.717) is 25.3 Å². The lowest BCUT2D eigenvalue weighted by atomic mass is 9.89. The van der Waals surface area contributed by atoms with Gasteiger partial charge in [-0.1, -0.05) is 0 Å². The zero-order valence-electron chi connectivity index (χ0n) is 18.1. The lowest BCUT2D eigenvalue weighted by Crippen LogP contribution is -2.33. The molecule has 4 rings (SSSR count). The molecule has 0 unspecified atom stereocenters. The largest absolute Gasteiger partial charge is 0.515 e. The maximum absolute atomic E-state index is 13.6. The summed E-state index contributed by atoms with van der Waals surface area (Å²) in [7, 11) is 0. The SMILES string of the molecule is CCOC(=O)Oc1c(C(=O)c2cc(C)c3c(c2C)C2(CCS3)OCCO2)cnn1CC. The second-order valence-electron chi connectivity index (χ2n) is 7.41. The molecule has 0 atom stereocenters. The van der Waals surface area contributed by atoms with Gasteiger partial charge < -0.3 is 18.9 Å². The minimum absolute atomic E-state index is 0.0816. The van der Waals surface area contributed by atoms with E-state index < -0.39 is 11.9 Å². The molecule has 0 bridgehead atoms. The Bertz CT molecular complexity index is 1030. The number of ether oxygens (including phenoxy) is 4. The number of aryl methyl sites for hydroxylation is 2. The highest BCUT2D eigenvalue weighted by molar-refractivity contribution is 7.99. The summed E-state index contributed by atoms with van der Waals surface area (Å²) in [6, 6.07) is 1.88. The number of carbonyl (C=O) groups excluding carboxylic acids is 2. The Balaban J connectivity index is 1.80. The first-order chi connectivity index (χ1) is 14.9. The summed E-state index contributed by atoms with van der Waals surface area (Å²) in [5.74, 6) is -0.102. The van der Waals surface area contributed by atoms with E-state index in [4.69, 9.17) is 18.9 Å². The van der Waals surface area contributed by atoms with E-state index in [9.17, 15) is 9.59 Å². The number of hydrogen-bond donors (Lipinski definition) is 0. The fourth-order valence-electron chi connectivity index (χ4n) is 4.16. The van der Waals surface area contributed by atoms with Crippen LogP contribution in [0.3, 0.4) is 0 Å². The smallest absolute Gasteiger partial charge is 0.434 e. The monoisotopic (exact) mass is 446 g/mol. The lowest BCUT2D eigenvalue weighted by molar-refractivity contribution is -0.170. The van der Waals surface area contributed by atoms with Crippen LogP contribution >= 0.6 is 11.8 Å². The summed E-state index contributed by atoms with van der Waals surface area (Å²) < 4.78 is 23.8. The Morgan fingerprint density at radius 1 is 1.23 bits per heavy atom. The predicted octanol–water partition coefficient (Wildman–Crippen LogP) is 3.98. The summed E-state index contributed by atoms with van der Waals surface area (Å²) in [6.45, 7) is 9.11. The van der Waals surface area contributed by atoms with Gasteiger partial charge in [0.25, 0.3) is 0 Å². The summed E-state index contributed by atoms with van der Waals surface area (Å²) >= 11 is 1.76. The van der Waals surface area contributed by atoms with Crippen LogP contribution in [0.1, 0.15) is 52.9 Å². The highest BCUT2D eigenvalue weighted by atomic mass is 32.2. The van der Waals surface area contributed by atoms with E-state index in [0.717, 1.165) is 33.8 Å². The molecule has 0 N–H and O–H groups in total. The van der Waals surface area contributed by atoms with E-state index in [-0.39, 0.29) is 23.8 Å². The van der Waals surface area contributed by atoms with Crippen LogP contribution in [0.4, 0.5) is 4.79 Å². The van der Waals surface area contributed by atoms with Gasteiger partial charge in [-0.15, -0.1) is 11.8 Å². The standard InChI is InChI=1S/C22H26N2O6S/c1-5-24-20(30-21(26)27-6-2)16(12-23-24)18(25)15-11-13(3)19-17(14(15)4)22(7-10-31-19)28-8-9-29-22/h11-12H,5-10H2,1-4H3. The number of ketones is 1. The normalized spacial score (nSPS) is 16.9. The molecule has 0 radical (unpaired) electrons. The van der Waals surface area contributed by atoms with Crippen LogP contribution < -0.4 is 4.74 Å². The molecule has 0 amide bonds. The van der Waals surface area contributed by atoms with Gasteiger partial charge in [-0.05, 0) is 44.9 Å². The van der Waals surface area contributed by atoms with Crippen LogP contribution in [0, 0.1) is 13.8 Å². The van der Waals surface area contributed by atoms with Crippen molar-refractivity contribution in [1.82, 2.24) is 9.78 Å². The van der Waals surface area contributed by atoms with Gasteiger partial charge in [-0.3, -0.25) is 4.79 Å². The van der Waals surface area contributed by atoms with Gasteiger partial charge in [0.15, 0.2) is 11.6 Å². The second-order valence-corrected chi connectivity index (χ2v) is 8.52. The molecule has 1 saturated heterocycles. The third-order valence-electron chi connectivity index (χ3n) is 5.56. The molecular weight excluding hydrogens is 420 g/mol. The minimum atomic E-state index is -0.867. The van der Waals surface area contributed by atoms with Crippen molar-refractivity contribution in [2.75, 3.05) is 25.6 Å². The maximum atomic E-state index is 13.6. The molecule has 166 valence electrons. The van der Waals surface area contributed by atoms with Gasteiger partial charge in [0.05, 0.1) is 26.0 Å². The van der Waals surface area contributed by atoms with Gasteiger partial charge in [0.1, 0.15) is 5.56 Å². The van der Waals surface area contributed by atoms with Gasteiger partial charge in [-0.2, -0.15) is 5.10 Å². The maximum Gasteiger partial charge on any atom is 0.515 e. The number of thioether (sulfide) groups is 1. The Morgan fingerprint density at radius 3 is 2.65 bits per heavy atom. The topological polar surface area (TPSA) is 88.9 Å². The Hall–Kier alpha value is -2.36.